The van der Waals surface area contributed by atoms with Crippen LogP contribution in [0.15, 0.2) is 0 Å². The molecule has 3 aliphatic rings. The van der Waals surface area contributed by atoms with E-state index < -0.39 is 0 Å². The number of rotatable bonds is 5. The zero-order chi connectivity index (χ0) is 14.2. The Labute approximate surface area is 132 Å². The van der Waals surface area contributed by atoms with E-state index in [1.54, 1.807) is 0 Å². The first-order valence-corrected chi connectivity index (χ1v) is 9.59. The lowest BCUT2D eigenvalue weighted by Crippen LogP contribution is -2.34. The van der Waals surface area contributed by atoms with Crippen molar-refractivity contribution < 1.29 is 0 Å². The number of thiazole rings is 1. The highest BCUT2D eigenvalue weighted by atomic mass is 32.1. The highest BCUT2D eigenvalue weighted by Gasteiger charge is 2.36. The molecule has 2 aliphatic carbocycles. The molecule has 2 saturated carbocycles. The molecule has 0 amide bonds. The van der Waals surface area contributed by atoms with Crippen LogP contribution >= 0.6 is 11.3 Å². The molecular weight excluding hydrogens is 278 g/mol. The molecule has 1 N–H and O–H groups in total. The second-order valence-electron chi connectivity index (χ2n) is 7.06. The van der Waals surface area contributed by atoms with E-state index in [-0.39, 0.29) is 0 Å². The Morgan fingerprint density at radius 2 is 1.95 bits per heavy atom. The summed E-state index contributed by atoms with van der Waals surface area (Å²) in [5.74, 6) is 1.71. The summed E-state index contributed by atoms with van der Waals surface area (Å²) in [7, 11) is 2.05. The van der Waals surface area contributed by atoms with E-state index in [1.165, 1.54) is 73.6 Å². The van der Waals surface area contributed by atoms with Gasteiger partial charge in [-0.15, -0.1) is 11.3 Å². The monoisotopic (exact) mass is 305 g/mol. The standard InChI is InChI=1S/C17H27N3S/c1-18-11-15-16(13-8-9-13)19-17(21-15)20-10-4-7-14(20)12-5-2-3-6-12/h12-14,18H,2-11H2,1H3. The Bertz CT molecular complexity index is 488. The van der Waals surface area contributed by atoms with Crippen molar-refractivity contribution in [2.75, 3.05) is 18.5 Å². The summed E-state index contributed by atoms with van der Waals surface area (Å²) >= 11 is 1.96. The molecular formula is C17H27N3S. The molecule has 0 aromatic carbocycles. The number of nitrogens with zero attached hydrogens (tertiary/aromatic N) is 2. The van der Waals surface area contributed by atoms with Gasteiger partial charge in [-0.2, -0.15) is 0 Å². The van der Waals surface area contributed by atoms with Crippen molar-refractivity contribution in [2.24, 2.45) is 5.92 Å². The normalized spacial score (nSPS) is 26.9. The second-order valence-corrected chi connectivity index (χ2v) is 8.12. The van der Waals surface area contributed by atoms with Gasteiger partial charge in [0, 0.05) is 29.9 Å². The summed E-state index contributed by atoms with van der Waals surface area (Å²) in [6, 6.07) is 0.785. The third kappa shape index (κ3) is 2.72. The second kappa shape index (κ2) is 5.88. The molecule has 0 bridgehead atoms. The van der Waals surface area contributed by atoms with Crippen LogP contribution in [-0.2, 0) is 6.54 Å². The van der Waals surface area contributed by atoms with E-state index in [1.807, 2.05) is 18.4 Å². The molecule has 0 spiro atoms. The molecule has 3 fully saturated rings. The van der Waals surface area contributed by atoms with E-state index in [0.29, 0.717) is 0 Å². The highest BCUT2D eigenvalue weighted by molar-refractivity contribution is 7.15. The number of hydrogen-bond donors (Lipinski definition) is 1. The van der Waals surface area contributed by atoms with E-state index in [2.05, 4.69) is 10.2 Å². The third-order valence-corrected chi connectivity index (χ3v) is 6.61. The highest BCUT2D eigenvalue weighted by Crippen LogP contribution is 2.46. The van der Waals surface area contributed by atoms with Crippen LogP contribution in [0.5, 0.6) is 0 Å². The van der Waals surface area contributed by atoms with Crippen LogP contribution in [0.4, 0.5) is 5.13 Å². The van der Waals surface area contributed by atoms with Gasteiger partial charge in [0.15, 0.2) is 5.13 Å². The Balaban J connectivity index is 1.57. The molecule has 3 nitrogen and oxygen atoms in total. The summed E-state index contributed by atoms with van der Waals surface area (Å²) in [4.78, 5) is 9.26. The van der Waals surface area contributed by atoms with E-state index in [4.69, 9.17) is 4.98 Å². The minimum absolute atomic E-state index is 0.769. The van der Waals surface area contributed by atoms with Crippen LogP contribution in [0.25, 0.3) is 0 Å². The fourth-order valence-corrected chi connectivity index (χ4v) is 5.54. The predicted octanol–water partition coefficient (Wildman–Crippen LogP) is 3.90. The summed E-state index contributed by atoms with van der Waals surface area (Å²) in [6.07, 6.45) is 11.3. The zero-order valence-electron chi connectivity index (χ0n) is 13.1. The quantitative estimate of drug-likeness (QED) is 0.894. The number of hydrogen-bond acceptors (Lipinski definition) is 4. The molecule has 0 radical (unpaired) electrons. The first kappa shape index (κ1) is 14.0. The van der Waals surface area contributed by atoms with Gasteiger partial charge in [0.1, 0.15) is 0 Å². The number of aromatic nitrogens is 1. The van der Waals surface area contributed by atoms with Gasteiger partial charge in [0.25, 0.3) is 0 Å². The Kier molecular flexibility index (Phi) is 3.92. The van der Waals surface area contributed by atoms with Crippen LogP contribution in [0.3, 0.4) is 0 Å². The first-order chi connectivity index (χ1) is 10.4. The summed E-state index contributed by atoms with van der Waals surface area (Å²) in [6.45, 7) is 2.23. The van der Waals surface area contributed by atoms with Crippen LogP contribution in [0.1, 0.15) is 67.9 Å². The topological polar surface area (TPSA) is 28.2 Å². The van der Waals surface area contributed by atoms with Crippen molar-refractivity contribution in [1.82, 2.24) is 10.3 Å². The zero-order valence-corrected chi connectivity index (χ0v) is 13.9. The average molecular weight is 305 g/mol. The third-order valence-electron chi connectivity index (χ3n) is 5.51. The molecule has 4 rings (SSSR count). The largest absolute Gasteiger partial charge is 0.345 e. The first-order valence-electron chi connectivity index (χ1n) is 8.77. The Hall–Kier alpha value is -0.610. The molecule has 21 heavy (non-hydrogen) atoms. The van der Waals surface area contributed by atoms with Gasteiger partial charge in [0.05, 0.1) is 5.69 Å². The lowest BCUT2D eigenvalue weighted by molar-refractivity contribution is 0.430. The fourth-order valence-electron chi connectivity index (χ4n) is 4.30. The van der Waals surface area contributed by atoms with E-state index in [0.717, 1.165) is 24.4 Å². The molecule has 2 heterocycles. The van der Waals surface area contributed by atoms with Crippen LogP contribution in [-0.4, -0.2) is 24.6 Å². The molecule has 1 unspecified atom stereocenters. The molecule has 1 aliphatic heterocycles. The van der Waals surface area contributed by atoms with Crippen LogP contribution in [0, 0.1) is 5.92 Å². The van der Waals surface area contributed by atoms with Gasteiger partial charge < -0.3 is 10.2 Å². The van der Waals surface area contributed by atoms with E-state index >= 15 is 0 Å². The summed E-state index contributed by atoms with van der Waals surface area (Å²) in [5, 5.41) is 4.66. The van der Waals surface area contributed by atoms with Gasteiger partial charge in [-0.3, -0.25) is 0 Å². The molecule has 1 atom stereocenters. The van der Waals surface area contributed by atoms with Crippen LogP contribution in [0.2, 0.25) is 0 Å². The molecule has 116 valence electrons. The van der Waals surface area contributed by atoms with Crippen molar-refractivity contribution in [3.8, 4) is 0 Å². The van der Waals surface area contributed by atoms with Gasteiger partial charge >= 0.3 is 0 Å². The van der Waals surface area contributed by atoms with Gasteiger partial charge in [-0.25, -0.2) is 4.98 Å². The molecule has 1 saturated heterocycles. The van der Waals surface area contributed by atoms with Crippen molar-refractivity contribution in [1.29, 1.82) is 0 Å². The molecule has 1 aromatic rings. The lowest BCUT2D eigenvalue weighted by atomic mass is 9.96. The SMILES string of the molecule is CNCc1sc(N2CCCC2C2CCCC2)nc1C1CC1. The maximum absolute atomic E-state index is 5.10. The minimum Gasteiger partial charge on any atom is -0.345 e. The molecule has 4 heteroatoms. The average Bonchev–Trinajstić information content (AvgIpc) is 2.95. The lowest BCUT2D eigenvalue weighted by Gasteiger charge is -2.29. The predicted molar refractivity (Wildman–Crippen MR) is 89.2 cm³/mol. The maximum Gasteiger partial charge on any atom is 0.186 e. The van der Waals surface area contributed by atoms with Gasteiger partial charge in [0.2, 0.25) is 0 Å². The van der Waals surface area contributed by atoms with Crippen molar-refractivity contribution in [3.05, 3.63) is 10.6 Å². The molecule has 1 aromatic heterocycles. The van der Waals surface area contributed by atoms with Gasteiger partial charge in [-0.1, -0.05) is 12.8 Å². The maximum atomic E-state index is 5.10. The van der Waals surface area contributed by atoms with Crippen molar-refractivity contribution in [2.45, 2.75) is 69.9 Å². The van der Waals surface area contributed by atoms with Crippen molar-refractivity contribution in [3.63, 3.8) is 0 Å². The summed E-state index contributed by atoms with van der Waals surface area (Å²) < 4.78 is 0. The summed E-state index contributed by atoms with van der Waals surface area (Å²) in [5.41, 5.74) is 1.42. The fraction of sp³-hybridized carbons (Fsp3) is 0.824. The van der Waals surface area contributed by atoms with Gasteiger partial charge in [-0.05, 0) is 51.5 Å². The Morgan fingerprint density at radius 1 is 1.14 bits per heavy atom. The Morgan fingerprint density at radius 3 is 2.67 bits per heavy atom. The van der Waals surface area contributed by atoms with Crippen molar-refractivity contribution >= 4 is 16.5 Å². The number of anilines is 1. The van der Waals surface area contributed by atoms with E-state index in [9.17, 15) is 0 Å². The number of nitrogens with one attached hydrogen (secondary N) is 1. The minimum atomic E-state index is 0.769. The van der Waals surface area contributed by atoms with Crippen LogP contribution < -0.4 is 10.2 Å². The smallest absolute Gasteiger partial charge is 0.186 e.